The Bertz CT molecular complexity index is 896. The van der Waals surface area contributed by atoms with Crippen LogP contribution >= 0.6 is 0 Å². The Kier molecular flexibility index (Phi) is 6.33. The minimum Gasteiger partial charge on any atom is -0.484 e. The van der Waals surface area contributed by atoms with Crippen LogP contribution in [0.3, 0.4) is 0 Å². The van der Waals surface area contributed by atoms with Gasteiger partial charge >= 0.3 is 5.97 Å². The molecule has 1 aliphatic heterocycles. The Hall–Kier alpha value is -3.55. The predicted molar refractivity (Wildman–Crippen MR) is 107 cm³/mol. The van der Waals surface area contributed by atoms with Crippen LogP contribution in [-0.4, -0.2) is 49.7 Å². The van der Waals surface area contributed by atoms with E-state index in [4.69, 9.17) is 14.6 Å². The first-order valence-corrected chi connectivity index (χ1v) is 9.18. The van der Waals surface area contributed by atoms with E-state index in [0.29, 0.717) is 30.2 Å². The van der Waals surface area contributed by atoms with E-state index in [1.807, 2.05) is 6.07 Å². The Morgan fingerprint density at radius 1 is 1.07 bits per heavy atom. The van der Waals surface area contributed by atoms with Crippen LogP contribution in [-0.2, 0) is 14.4 Å². The smallest absolute Gasteiger partial charge is 0.341 e. The van der Waals surface area contributed by atoms with Crippen LogP contribution in [0.15, 0.2) is 48.5 Å². The third kappa shape index (κ3) is 5.25. The zero-order valence-corrected chi connectivity index (χ0v) is 16.0. The van der Waals surface area contributed by atoms with E-state index in [1.165, 1.54) is 4.90 Å². The quantitative estimate of drug-likeness (QED) is 0.733. The van der Waals surface area contributed by atoms with Crippen molar-refractivity contribution in [3.63, 3.8) is 0 Å². The average molecular weight is 398 g/mol. The molecule has 8 heteroatoms. The third-order valence-electron chi connectivity index (χ3n) is 4.53. The number of anilines is 2. The minimum atomic E-state index is -1.06. The molecular formula is C21H22N2O6. The highest BCUT2D eigenvalue weighted by Gasteiger charge is 2.22. The lowest BCUT2D eigenvalue weighted by Gasteiger charge is -2.19. The van der Waals surface area contributed by atoms with Crippen molar-refractivity contribution in [3.05, 3.63) is 48.5 Å². The fraction of sp³-hybridized carbons (Fsp3) is 0.286. The summed E-state index contributed by atoms with van der Waals surface area (Å²) in [7, 11) is 1.62. The van der Waals surface area contributed by atoms with Crippen LogP contribution in [0, 0.1) is 0 Å². The van der Waals surface area contributed by atoms with Gasteiger partial charge < -0.3 is 24.4 Å². The van der Waals surface area contributed by atoms with Gasteiger partial charge in [-0.2, -0.15) is 0 Å². The molecule has 0 atom stereocenters. The van der Waals surface area contributed by atoms with Gasteiger partial charge in [0.1, 0.15) is 11.5 Å². The van der Waals surface area contributed by atoms with E-state index in [1.54, 1.807) is 54.4 Å². The first kappa shape index (κ1) is 20.2. The fourth-order valence-corrected chi connectivity index (χ4v) is 2.96. The van der Waals surface area contributed by atoms with Crippen molar-refractivity contribution in [1.29, 1.82) is 0 Å². The lowest BCUT2D eigenvalue weighted by molar-refractivity contribution is -0.139. The third-order valence-corrected chi connectivity index (χ3v) is 4.53. The first-order chi connectivity index (χ1) is 13.9. The van der Waals surface area contributed by atoms with Crippen LogP contribution in [0.25, 0.3) is 0 Å². The summed E-state index contributed by atoms with van der Waals surface area (Å²) < 4.78 is 10.7. The van der Waals surface area contributed by atoms with Crippen LogP contribution in [0.4, 0.5) is 11.4 Å². The molecular weight excluding hydrogens is 376 g/mol. The van der Waals surface area contributed by atoms with Gasteiger partial charge in [0.15, 0.2) is 13.2 Å². The molecule has 1 heterocycles. The van der Waals surface area contributed by atoms with Crippen molar-refractivity contribution in [2.75, 3.05) is 36.6 Å². The van der Waals surface area contributed by atoms with Gasteiger partial charge in [-0.3, -0.25) is 9.59 Å². The highest BCUT2D eigenvalue weighted by Crippen LogP contribution is 2.25. The lowest BCUT2D eigenvalue weighted by atomic mass is 10.2. The Balaban J connectivity index is 1.56. The van der Waals surface area contributed by atoms with Crippen LogP contribution in [0.5, 0.6) is 11.5 Å². The Morgan fingerprint density at radius 2 is 1.79 bits per heavy atom. The molecule has 1 N–H and O–H groups in total. The van der Waals surface area contributed by atoms with Gasteiger partial charge in [-0.1, -0.05) is 6.07 Å². The normalized spacial score (nSPS) is 13.3. The lowest BCUT2D eigenvalue weighted by Crippen LogP contribution is -2.31. The monoisotopic (exact) mass is 398 g/mol. The standard InChI is InChI=1S/C21H22N2O6/c1-22(15-7-9-17(10-8-15)29-14-21(26)27)20(25)13-28-18-5-2-4-16(12-18)23-11-3-6-19(23)24/h2,4-5,7-10,12H,3,6,11,13-14H2,1H3,(H,26,27). The number of benzene rings is 2. The summed E-state index contributed by atoms with van der Waals surface area (Å²) in [6.45, 7) is 0.103. The summed E-state index contributed by atoms with van der Waals surface area (Å²) in [5, 5.41) is 8.62. The highest BCUT2D eigenvalue weighted by atomic mass is 16.5. The molecule has 2 amide bonds. The molecule has 0 saturated carbocycles. The zero-order chi connectivity index (χ0) is 20.8. The van der Waals surface area contributed by atoms with Crippen molar-refractivity contribution < 1.29 is 29.0 Å². The second-order valence-corrected chi connectivity index (χ2v) is 6.56. The molecule has 0 radical (unpaired) electrons. The Labute approximate surface area is 168 Å². The molecule has 2 aromatic rings. The van der Waals surface area contributed by atoms with Crippen LogP contribution in [0.1, 0.15) is 12.8 Å². The maximum Gasteiger partial charge on any atom is 0.341 e. The van der Waals surface area contributed by atoms with E-state index in [9.17, 15) is 14.4 Å². The van der Waals surface area contributed by atoms with E-state index < -0.39 is 12.6 Å². The molecule has 0 bridgehead atoms. The predicted octanol–water partition coefficient (Wildman–Crippen LogP) is 2.32. The molecule has 8 nitrogen and oxygen atoms in total. The number of rotatable bonds is 8. The maximum atomic E-state index is 12.4. The van der Waals surface area contributed by atoms with Gasteiger partial charge in [0, 0.05) is 37.5 Å². The van der Waals surface area contributed by atoms with Crippen molar-refractivity contribution in [3.8, 4) is 11.5 Å². The number of amides is 2. The summed E-state index contributed by atoms with van der Waals surface area (Å²) in [5.41, 5.74) is 1.39. The average Bonchev–Trinajstić information content (AvgIpc) is 3.16. The summed E-state index contributed by atoms with van der Waals surface area (Å²) in [5.74, 6) is -0.305. The molecule has 29 heavy (non-hydrogen) atoms. The van der Waals surface area contributed by atoms with E-state index in [0.717, 1.165) is 12.1 Å². The number of aliphatic carboxylic acids is 1. The second kappa shape index (κ2) is 9.09. The van der Waals surface area contributed by atoms with Crippen molar-refractivity contribution in [2.45, 2.75) is 12.8 Å². The molecule has 0 aromatic heterocycles. The van der Waals surface area contributed by atoms with Crippen molar-refractivity contribution in [1.82, 2.24) is 0 Å². The largest absolute Gasteiger partial charge is 0.484 e. The zero-order valence-electron chi connectivity index (χ0n) is 16.0. The number of nitrogens with zero attached hydrogens (tertiary/aromatic N) is 2. The molecule has 3 rings (SSSR count). The van der Waals surface area contributed by atoms with Gasteiger partial charge in [-0.15, -0.1) is 0 Å². The molecule has 1 aliphatic rings. The number of hydrogen-bond donors (Lipinski definition) is 1. The van der Waals surface area contributed by atoms with E-state index in [-0.39, 0.29) is 18.4 Å². The number of hydrogen-bond acceptors (Lipinski definition) is 5. The summed E-state index contributed by atoms with van der Waals surface area (Å²) >= 11 is 0. The number of carbonyl (C=O) groups is 3. The maximum absolute atomic E-state index is 12.4. The number of carboxylic acids is 1. The molecule has 0 spiro atoms. The van der Waals surface area contributed by atoms with E-state index >= 15 is 0 Å². The summed E-state index contributed by atoms with van der Waals surface area (Å²) in [4.78, 5) is 38.0. The molecule has 0 aliphatic carbocycles. The SMILES string of the molecule is CN(C(=O)COc1cccc(N2CCCC2=O)c1)c1ccc(OCC(=O)O)cc1. The molecule has 1 saturated heterocycles. The molecule has 1 fully saturated rings. The number of carbonyl (C=O) groups excluding carboxylic acids is 2. The summed E-state index contributed by atoms with van der Waals surface area (Å²) in [6.07, 6.45) is 1.39. The highest BCUT2D eigenvalue weighted by molar-refractivity contribution is 5.95. The Morgan fingerprint density at radius 3 is 2.45 bits per heavy atom. The van der Waals surface area contributed by atoms with Crippen molar-refractivity contribution >= 4 is 29.2 Å². The summed E-state index contributed by atoms with van der Waals surface area (Å²) in [6, 6.07) is 13.7. The van der Waals surface area contributed by atoms with Gasteiger partial charge in [0.25, 0.3) is 5.91 Å². The number of likely N-dealkylation sites (N-methyl/N-ethyl adjacent to an activating group) is 1. The van der Waals surface area contributed by atoms with Crippen LogP contribution in [0.2, 0.25) is 0 Å². The molecule has 2 aromatic carbocycles. The number of carboxylic acid groups (broad SMARTS) is 1. The van der Waals surface area contributed by atoms with Gasteiger partial charge in [0.05, 0.1) is 0 Å². The fourth-order valence-electron chi connectivity index (χ4n) is 2.96. The topological polar surface area (TPSA) is 96.4 Å². The number of ether oxygens (including phenoxy) is 2. The van der Waals surface area contributed by atoms with Gasteiger partial charge in [0.2, 0.25) is 5.91 Å². The first-order valence-electron chi connectivity index (χ1n) is 9.18. The van der Waals surface area contributed by atoms with Gasteiger partial charge in [-0.25, -0.2) is 4.79 Å². The van der Waals surface area contributed by atoms with Crippen LogP contribution < -0.4 is 19.3 Å². The second-order valence-electron chi connectivity index (χ2n) is 6.56. The van der Waals surface area contributed by atoms with Gasteiger partial charge in [-0.05, 0) is 42.8 Å². The van der Waals surface area contributed by atoms with Crippen molar-refractivity contribution in [2.24, 2.45) is 0 Å². The molecule has 152 valence electrons. The minimum absolute atomic E-state index is 0.0914. The van der Waals surface area contributed by atoms with E-state index in [2.05, 4.69) is 0 Å². The molecule has 0 unspecified atom stereocenters.